The average molecular weight is 340 g/mol. The summed E-state index contributed by atoms with van der Waals surface area (Å²) in [5.41, 5.74) is 2.54. The molecule has 25 heavy (non-hydrogen) atoms. The Labute approximate surface area is 152 Å². The van der Waals surface area contributed by atoms with Gasteiger partial charge in [0.05, 0.1) is 12.2 Å². The highest BCUT2D eigenvalue weighted by atomic mass is 16.3. The number of allylic oxidation sites excluding steroid dienone is 2. The molecule has 5 fully saturated rings. The van der Waals surface area contributed by atoms with Gasteiger partial charge in [0.15, 0.2) is 0 Å². The predicted octanol–water partition coefficient (Wildman–Crippen LogP) is 5.23. The molecule has 0 amide bonds. The van der Waals surface area contributed by atoms with E-state index in [4.69, 9.17) is 5.26 Å². The third-order valence-electron chi connectivity index (χ3n) is 9.93. The summed E-state index contributed by atoms with van der Waals surface area (Å²) in [5, 5.41) is 19.3. The molecule has 1 N–H and O–H groups in total. The first-order valence-corrected chi connectivity index (χ1v) is 10.8. The Bertz CT molecular complexity index is 632. The maximum atomic E-state index is 10.2. The lowest BCUT2D eigenvalue weighted by atomic mass is 9.44. The molecule has 5 aliphatic carbocycles. The van der Waals surface area contributed by atoms with E-state index in [2.05, 4.69) is 13.0 Å². The molecule has 0 aliphatic heterocycles. The summed E-state index contributed by atoms with van der Waals surface area (Å²) in [7, 11) is 0. The SMILES string of the molecule is C[C@]12CC[C@@H](O)C[C@@H]1CC[C@@H]1[C@@H]2CC[C@]23CC/C(=C/C#N)[C@H]2CC[C@@H]13. The molecule has 0 aromatic carbocycles. The topological polar surface area (TPSA) is 44.0 Å². The van der Waals surface area contributed by atoms with Crippen LogP contribution in [0.1, 0.15) is 77.6 Å². The van der Waals surface area contributed by atoms with E-state index in [1.165, 1.54) is 63.4 Å². The lowest BCUT2D eigenvalue weighted by molar-refractivity contribution is -0.126. The van der Waals surface area contributed by atoms with Gasteiger partial charge in [-0.1, -0.05) is 12.5 Å². The molecular weight excluding hydrogens is 306 g/mol. The molecule has 136 valence electrons. The highest BCUT2D eigenvalue weighted by Crippen LogP contribution is 2.71. The first-order chi connectivity index (χ1) is 12.1. The Morgan fingerprint density at radius 1 is 1.04 bits per heavy atom. The fourth-order valence-electron chi connectivity index (χ4n) is 8.89. The molecule has 0 saturated heterocycles. The standard InChI is InChI=1S/C23H33NO/c1-22-10-7-17(25)14-16(22)2-3-18-20(22)8-12-23-11-6-15(9-13-24)19(23)4-5-21(18)23/h9,16-21,25H,2-8,10-12,14H2,1H3/b15-9-/t16-,17+,18+,19+,20-,21-,22-,23+/m0/s1. The van der Waals surface area contributed by atoms with Crippen molar-refractivity contribution in [3.05, 3.63) is 11.6 Å². The molecule has 0 aromatic heterocycles. The van der Waals surface area contributed by atoms with Crippen molar-refractivity contribution < 1.29 is 5.11 Å². The fraction of sp³-hybridized carbons (Fsp3) is 0.870. The van der Waals surface area contributed by atoms with Crippen molar-refractivity contribution in [2.45, 2.75) is 83.7 Å². The Balaban J connectivity index is 1.45. The Morgan fingerprint density at radius 3 is 2.76 bits per heavy atom. The molecule has 5 saturated carbocycles. The molecule has 0 aromatic rings. The number of aliphatic hydroxyl groups is 1. The monoisotopic (exact) mass is 339 g/mol. The van der Waals surface area contributed by atoms with Crippen LogP contribution in [0.5, 0.6) is 0 Å². The Hall–Kier alpha value is -0.810. The lowest BCUT2D eigenvalue weighted by Crippen LogP contribution is -2.53. The van der Waals surface area contributed by atoms with Crippen LogP contribution < -0.4 is 0 Å². The summed E-state index contributed by atoms with van der Waals surface area (Å²) in [6.07, 6.45) is 16.1. The van der Waals surface area contributed by atoms with E-state index in [-0.39, 0.29) is 6.10 Å². The maximum Gasteiger partial charge on any atom is 0.0911 e. The van der Waals surface area contributed by atoms with Crippen molar-refractivity contribution in [2.24, 2.45) is 40.4 Å². The van der Waals surface area contributed by atoms with E-state index in [9.17, 15) is 5.11 Å². The van der Waals surface area contributed by atoms with Crippen molar-refractivity contribution in [2.75, 3.05) is 0 Å². The highest BCUT2D eigenvalue weighted by molar-refractivity contribution is 5.28. The number of rotatable bonds is 0. The second kappa shape index (κ2) is 5.59. The molecule has 0 heterocycles. The van der Waals surface area contributed by atoms with E-state index < -0.39 is 0 Å². The third kappa shape index (κ3) is 2.11. The van der Waals surface area contributed by atoms with Crippen LogP contribution >= 0.6 is 0 Å². The van der Waals surface area contributed by atoms with Gasteiger partial charge in [0, 0.05) is 6.08 Å². The minimum atomic E-state index is -0.0334. The molecule has 2 nitrogen and oxygen atoms in total. The number of fused-ring (bicyclic) bond motifs is 4. The number of hydrogen-bond acceptors (Lipinski definition) is 2. The van der Waals surface area contributed by atoms with Crippen molar-refractivity contribution in [3.8, 4) is 6.07 Å². The molecular formula is C23H33NO. The van der Waals surface area contributed by atoms with Gasteiger partial charge in [-0.05, 0) is 111 Å². The third-order valence-corrected chi connectivity index (χ3v) is 9.93. The fourth-order valence-corrected chi connectivity index (χ4v) is 8.89. The Kier molecular flexibility index (Phi) is 3.66. The molecule has 0 bridgehead atoms. The second-order valence-corrected chi connectivity index (χ2v) is 10.3. The van der Waals surface area contributed by atoms with Crippen molar-refractivity contribution in [1.29, 1.82) is 5.26 Å². The number of aliphatic hydroxyl groups excluding tert-OH is 1. The van der Waals surface area contributed by atoms with Gasteiger partial charge < -0.3 is 5.11 Å². The summed E-state index contributed by atoms with van der Waals surface area (Å²) in [6.45, 7) is 2.58. The zero-order valence-corrected chi connectivity index (χ0v) is 15.7. The number of nitrogens with zero attached hydrogens (tertiary/aromatic N) is 1. The van der Waals surface area contributed by atoms with Crippen LogP contribution in [0.25, 0.3) is 0 Å². The molecule has 8 atom stereocenters. The smallest absolute Gasteiger partial charge is 0.0911 e. The summed E-state index contributed by atoms with van der Waals surface area (Å²) in [4.78, 5) is 0. The molecule has 0 radical (unpaired) electrons. The number of nitriles is 1. The Morgan fingerprint density at radius 2 is 1.92 bits per heavy atom. The minimum Gasteiger partial charge on any atom is -0.393 e. The van der Waals surface area contributed by atoms with E-state index in [1.807, 2.05) is 6.08 Å². The van der Waals surface area contributed by atoms with Gasteiger partial charge in [-0.25, -0.2) is 0 Å². The van der Waals surface area contributed by atoms with Gasteiger partial charge >= 0.3 is 0 Å². The van der Waals surface area contributed by atoms with E-state index in [0.717, 1.165) is 42.4 Å². The van der Waals surface area contributed by atoms with E-state index >= 15 is 0 Å². The largest absolute Gasteiger partial charge is 0.393 e. The van der Waals surface area contributed by atoms with E-state index in [1.54, 1.807) is 0 Å². The molecule has 2 heteroatoms. The van der Waals surface area contributed by atoms with Crippen LogP contribution in [0.3, 0.4) is 0 Å². The summed E-state index contributed by atoms with van der Waals surface area (Å²) < 4.78 is 0. The summed E-state index contributed by atoms with van der Waals surface area (Å²) in [6, 6.07) is 2.33. The molecule has 5 aliphatic rings. The van der Waals surface area contributed by atoms with Crippen LogP contribution in [0.15, 0.2) is 11.6 Å². The predicted molar refractivity (Wildman–Crippen MR) is 98.5 cm³/mol. The van der Waals surface area contributed by atoms with Crippen LogP contribution in [0.4, 0.5) is 0 Å². The highest BCUT2D eigenvalue weighted by Gasteiger charge is 2.63. The van der Waals surface area contributed by atoms with Crippen LogP contribution in [-0.2, 0) is 0 Å². The minimum absolute atomic E-state index is 0.0334. The van der Waals surface area contributed by atoms with Crippen LogP contribution in [0.2, 0.25) is 0 Å². The average Bonchev–Trinajstić information content (AvgIpc) is 3.13. The first-order valence-electron chi connectivity index (χ1n) is 10.8. The van der Waals surface area contributed by atoms with Gasteiger partial charge in [-0.3, -0.25) is 0 Å². The lowest BCUT2D eigenvalue weighted by Gasteiger charge is -2.61. The zero-order chi connectivity index (χ0) is 17.2. The van der Waals surface area contributed by atoms with Gasteiger partial charge in [0.1, 0.15) is 0 Å². The zero-order valence-electron chi connectivity index (χ0n) is 15.7. The molecule has 1 spiro atoms. The van der Waals surface area contributed by atoms with Crippen molar-refractivity contribution in [1.82, 2.24) is 0 Å². The normalized spacial score (nSPS) is 55.8. The van der Waals surface area contributed by atoms with Crippen molar-refractivity contribution >= 4 is 0 Å². The van der Waals surface area contributed by atoms with Gasteiger partial charge in [-0.2, -0.15) is 5.26 Å². The quantitative estimate of drug-likeness (QED) is 0.614. The maximum absolute atomic E-state index is 10.2. The molecule has 0 unspecified atom stereocenters. The van der Waals surface area contributed by atoms with Gasteiger partial charge in [-0.15, -0.1) is 0 Å². The van der Waals surface area contributed by atoms with Gasteiger partial charge in [0.25, 0.3) is 0 Å². The number of hydrogen-bond donors (Lipinski definition) is 1. The summed E-state index contributed by atoms with van der Waals surface area (Å²) in [5.74, 6) is 4.25. The first kappa shape index (κ1) is 16.4. The molecule has 5 rings (SSSR count). The van der Waals surface area contributed by atoms with Crippen LogP contribution in [-0.4, -0.2) is 11.2 Å². The van der Waals surface area contributed by atoms with E-state index in [0.29, 0.717) is 10.8 Å². The summed E-state index contributed by atoms with van der Waals surface area (Å²) >= 11 is 0. The van der Waals surface area contributed by atoms with Gasteiger partial charge in [0.2, 0.25) is 0 Å². The van der Waals surface area contributed by atoms with Crippen LogP contribution in [0, 0.1) is 51.8 Å². The second-order valence-electron chi connectivity index (χ2n) is 10.3. The van der Waals surface area contributed by atoms with Crippen molar-refractivity contribution in [3.63, 3.8) is 0 Å².